The van der Waals surface area contributed by atoms with Crippen molar-refractivity contribution < 1.29 is 9.18 Å². The van der Waals surface area contributed by atoms with Crippen LogP contribution in [-0.2, 0) is 10.3 Å². The Morgan fingerprint density at radius 3 is 2.59 bits per heavy atom. The maximum atomic E-state index is 14.4. The molecular weight excluding hydrogens is 429 g/mol. The molecule has 0 radical (unpaired) electrons. The molecule has 2 aliphatic heterocycles. The average Bonchev–Trinajstić information content (AvgIpc) is 3.45. The van der Waals surface area contributed by atoms with Crippen molar-refractivity contribution in [3.8, 4) is 0 Å². The molecule has 3 heterocycles. The molecule has 0 saturated carbocycles. The lowest BCUT2D eigenvalue weighted by atomic mass is 9.80. The quantitative estimate of drug-likeness (QED) is 0.692. The van der Waals surface area contributed by atoms with E-state index in [2.05, 4.69) is 25.1 Å². The molecular formula is C24H29ClFN5O. The first kappa shape index (κ1) is 21.7. The summed E-state index contributed by atoms with van der Waals surface area (Å²) in [7, 11) is 0. The number of alkyl halides is 1. The van der Waals surface area contributed by atoms with E-state index >= 15 is 0 Å². The highest BCUT2D eigenvalue weighted by Gasteiger charge is 2.47. The third-order valence-corrected chi connectivity index (χ3v) is 7.68. The summed E-state index contributed by atoms with van der Waals surface area (Å²) in [6, 6.07) is 7.73. The van der Waals surface area contributed by atoms with Crippen molar-refractivity contribution in [2.45, 2.75) is 49.9 Å². The lowest BCUT2D eigenvalue weighted by Crippen LogP contribution is -2.63. The number of benzene rings is 1. The summed E-state index contributed by atoms with van der Waals surface area (Å²) in [5, 5.41) is 4.23. The minimum absolute atomic E-state index is 0.0586. The molecule has 3 aliphatic rings. The van der Waals surface area contributed by atoms with Crippen molar-refractivity contribution in [1.29, 1.82) is 0 Å². The van der Waals surface area contributed by atoms with E-state index in [9.17, 15) is 9.18 Å². The summed E-state index contributed by atoms with van der Waals surface area (Å²) in [6.07, 6.45) is 4.08. The van der Waals surface area contributed by atoms with Gasteiger partial charge in [0.25, 0.3) is 0 Å². The number of nitrogens with zero attached hydrogens (tertiary/aromatic N) is 4. The van der Waals surface area contributed by atoms with E-state index in [1.54, 1.807) is 0 Å². The summed E-state index contributed by atoms with van der Waals surface area (Å²) in [6.45, 7) is 5.85. The fraction of sp³-hybridized carbons (Fsp3) is 0.542. The number of aromatic nitrogens is 2. The van der Waals surface area contributed by atoms with E-state index < -0.39 is 11.7 Å². The Bertz CT molecular complexity index is 975. The zero-order valence-corrected chi connectivity index (χ0v) is 19.1. The van der Waals surface area contributed by atoms with Crippen LogP contribution in [0.1, 0.15) is 55.1 Å². The van der Waals surface area contributed by atoms with Crippen molar-refractivity contribution in [3.63, 3.8) is 0 Å². The van der Waals surface area contributed by atoms with Crippen molar-refractivity contribution in [1.82, 2.24) is 20.2 Å². The molecule has 0 spiro atoms. The topological polar surface area (TPSA) is 61.4 Å². The number of carbonyl (C=O) groups excluding carboxylic acids is 1. The molecule has 8 heteroatoms. The van der Waals surface area contributed by atoms with Gasteiger partial charge in [0.05, 0.1) is 5.69 Å². The van der Waals surface area contributed by atoms with Crippen LogP contribution in [-0.4, -0.2) is 59.9 Å². The molecule has 1 N–H and O–H groups in total. The molecule has 1 aromatic heterocycles. The van der Waals surface area contributed by atoms with Crippen LogP contribution in [0.15, 0.2) is 30.6 Å². The summed E-state index contributed by atoms with van der Waals surface area (Å²) in [5.41, 5.74) is 1.73. The lowest BCUT2D eigenvalue weighted by Gasteiger charge is -2.48. The fourth-order valence-electron chi connectivity index (χ4n) is 5.81. The third kappa shape index (κ3) is 3.51. The monoisotopic (exact) mass is 457 g/mol. The highest BCUT2D eigenvalue weighted by Crippen LogP contribution is 2.45. The Labute approximate surface area is 193 Å². The maximum Gasteiger partial charge on any atom is 0.146 e. The molecule has 2 saturated heterocycles. The van der Waals surface area contributed by atoms with Gasteiger partial charge in [-0.25, -0.2) is 14.4 Å². The first-order valence-electron chi connectivity index (χ1n) is 11.5. The molecule has 32 heavy (non-hydrogen) atoms. The van der Waals surface area contributed by atoms with E-state index in [0.29, 0.717) is 30.2 Å². The van der Waals surface area contributed by atoms with Crippen LogP contribution >= 0.6 is 11.6 Å². The number of hydrogen-bond acceptors (Lipinski definition) is 6. The van der Waals surface area contributed by atoms with E-state index in [-0.39, 0.29) is 12.0 Å². The third-order valence-electron chi connectivity index (χ3n) is 7.42. The Hall–Kier alpha value is -2.09. The van der Waals surface area contributed by atoms with Gasteiger partial charge in [-0.2, -0.15) is 0 Å². The Morgan fingerprint density at radius 1 is 1.19 bits per heavy atom. The second-order valence-corrected chi connectivity index (χ2v) is 9.61. The van der Waals surface area contributed by atoms with E-state index in [0.717, 1.165) is 55.7 Å². The largest absolute Gasteiger partial charge is 0.354 e. The number of anilines is 1. The van der Waals surface area contributed by atoms with Crippen molar-refractivity contribution in [2.24, 2.45) is 0 Å². The fourth-order valence-corrected chi connectivity index (χ4v) is 5.93. The average molecular weight is 458 g/mol. The van der Waals surface area contributed by atoms with Gasteiger partial charge in [-0.05, 0) is 49.4 Å². The number of carbonyl (C=O) groups is 1. The van der Waals surface area contributed by atoms with Gasteiger partial charge in [0.2, 0.25) is 0 Å². The molecule has 0 unspecified atom stereocenters. The minimum Gasteiger partial charge on any atom is -0.354 e. The Kier molecular flexibility index (Phi) is 5.90. The normalized spacial score (nSPS) is 27.8. The highest BCUT2D eigenvalue weighted by atomic mass is 35.5. The number of rotatable bonds is 5. The second-order valence-electron chi connectivity index (χ2n) is 9.17. The van der Waals surface area contributed by atoms with Crippen molar-refractivity contribution in [3.05, 3.63) is 52.4 Å². The van der Waals surface area contributed by atoms with Gasteiger partial charge in [-0.1, -0.05) is 30.7 Å². The number of aldehydes is 1. The van der Waals surface area contributed by atoms with Crippen LogP contribution in [0.4, 0.5) is 10.2 Å². The molecule has 4 atom stereocenters. The van der Waals surface area contributed by atoms with Crippen LogP contribution < -0.4 is 10.2 Å². The van der Waals surface area contributed by atoms with Gasteiger partial charge in [0.15, 0.2) is 0 Å². The summed E-state index contributed by atoms with van der Waals surface area (Å²) >= 11 is 6.14. The Balaban J connectivity index is 1.43. The van der Waals surface area contributed by atoms with Crippen LogP contribution in [0.2, 0.25) is 5.02 Å². The first-order valence-corrected chi connectivity index (χ1v) is 11.9. The lowest BCUT2D eigenvalue weighted by molar-refractivity contribution is -0.121. The zero-order valence-electron chi connectivity index (χ0n) is 18.3. The molecule has 6 nitrogen and oxygen atoms in total. The minimum atomic E-state index is -1.01. The van der Waals surface area contributed by atoms with E-state index in [1.807, 2.05) is 31.2 Å². The zero-order chi connectivity index (χ0) is 22.3. The number of piperazine rings is 1. The van der Waals surface area contributed by atoms with Crippen LogP contribution in [0.5, 0.6) is 0 Å². The smallest absolute Gasteiger partial charge is 0.146 e. The Morgan fingerprint density at radius 2 is 1.94 bits per heavy atom. The van der Waals surface area contributed by atoms with Gasteiger partial charge in [0.1, 0.15) is 30.1 Å². The van der Waals surface area contributed by atoms with Gasteiger partial charge >= 0.3 is 0 Å². The number of nitrogens with one attached hydrogen (secondary N) is 1. The molecule has 0 bridgehead atoms. The molecule has 0 amide bonds. The van der Waals surface area contributed by atoms with Gasteiger partial charge < -0.3 is 15.0 Å². The van der Waals surface area contributed by atoms with Gasteiger partial charge in [-0.15, -0.1) is 0 Å². The predicted molar refractivity (Wildman–Crippen MR) is 123 cm³/mol. The van der Waals surface area contributed by atoms with E-state index in [4.69, 9.17) is 11.6 Å². The molecule has 5 rings (SSSR count). The molecule has 2 aromatic rings. The maximum absolute atomic E-state index is 14.4. The summed E-state index contributed by atoms with van der Waals surface area (Å²) in [5.74, 6) is 0.963. The number of fused-ring (bicyclic) bond motifs is 1. The number of hydrogen-bond donors (Lipinski definition) is 1. The standard InChI is InChI=1S/C24H29ClFN5O/c1-16-13-19(26)22-21(16)23(29-15-28-22)30-9-11-31(12-10-30)24(14-32,20-3-2-8-27-20)17-4-6-18(25)7-5-17/h4-7,14-16,19-20,27H,2-3,8-13H2,1H3/t16-,19-,20+,24+/m1/s1. The summed E-state index contributed by atoms with van der Waals surface area (Å²) < 4.78 is 14.4. The van der Waals surface area contributed by atoms with Crippen LogP contribution in [0.3, 0.4) is 0 Å². The molecule has 1 aliphatic carbocycles. The van der Waals surface area contributed by atoms with Crippen LogP contribution in [0, 0.1) is 0 Å². The molecule has 2 fully saturated rings. The van der Waals surface area contributed by atoms with Crippen molar-refractivity contribution >= 4 is 23.7 Å². The van der Waals surface area contributed by atoms with Crippen molar-refractivity contribution in [2.75, 3.05) is 37.6 Å². The second kappa shape index (κ2) is 8.69. The number of halogens is 2. The molecule has 1 aromatic carbocycles. The van der Waals surface area contributed by atoms with Gasteiger partial charge in [0, 0.05) is 42.8 Å². The van der Waals surface area contributed by atoms with Gasteiger partial charge in [-0.3, -0.25) is 4.90 Å². The first-order chi connectivity index (χ1) is 15.5. The SMILES string of the molecule is C[C@@H]1C[C@@H](F)c2ncnc(N3CCN([C@@](C=O)(c4ccc(Cl)cc4)[C@@H]4CCCN4)CC3)c21. The molecule has 170 valence electrons. The van der Waals surface area contributed by atoms with E-state index in [1.165, 1.54) is 6.33 Å². The van der Waals surface area contributed by atoms with Crippen LogP contribution in [0.25, 0.3) is 0 Å². The summed E-state index contributed by atoms with van der Waals surface area (Å²) in [4.78, 5) is 26.1. The highest BCUT2D eigenvalue weighted by molar-refractivity contribution is 6.30. The predicted octanol–water partition coefficient (Wildman–Crippen LogP) is 3.62.